The van der Waals surface area contributed by atoms with Gasteiger partial charge in [-0.05, 0) is 5.38 Å². The molecule has 0 saturated carbocycles. The highest BCUT2D eigenvalue weighted by molar-refractivity contribution is 7.08. The fourth-order valence-corrected chi connectivity index (χ4v) is 0.946. The van der Waals surface area contributed by atoms with Crippen molar-refractivity contribution in [1.82, 2.24) is 0 Å². The van der Waals surface area contributed by atoms with Gasteiger partial charge >= 0.3 is 0 Å². The Morgan fingerprint density at radius 3 is 2.88 bits per heavy atom. The fraction of sp³-hybridized carbons (Fsp3) is 0. The maximum Gasteiger partial charge on any atom is 0.250 e. The SMILES string of the molecule is NC(=O)c1[c]csc1. The van der Waals surface area contributed by atoms with E-state index in [2.05, 4.69) is 6.07 Å². The van der Waals surface area contributed by atoms with Gasteiger partial charge in [-0.1, -0.05) is 0 Å². The molecular weight excluding hydrogens is 122 g/mol. The van der Waals surface area contributed by atoms with E-state index < -0.39 is 5.91 Å². The number of amides is 1. The van der Waals surface area contributed by atoms with Crippen LogP contribution in [0.5, 0.6) is 0 Å². The first-order chi connectivity index (χ1) is 3.80. The summed E-state index contributed by atoms with van der Waals surface area (Å²) in [4.78, 5) is 10.3. The lowest BCUT2D eigenvalue weighted by atomic mass is 10.3. The molecule has 0 aliphatic rings. The summed E-state index contributed by atoms with van der Waals surface area (Å²) < 4.78 is 0. The molecule has 0 unspecified atom stereocenters. The monoisotopic (exact) mass is 126 g/mol. The lowest BCUT2D eigenvalue weighted by molar-refractivity contribution is 0.100. The third-order valence-electron chi connectivity index (χ3n) is 0.734. The summed E-state index contributed by atoms with van der Waals surface area (Å²) in [5.74, 6) is -0.411. The van der Waals surface area contributed by atoms with Gasteiger partial charge in [-0.25, -0.2) is 0 Å². The standard InChI is InChI=1S/C5H4NOS/c6-5(7)4-1-2-8-3-4/h2-3H,(H2,6,7). The van der Waals surface area contributed by atoms with Crippen molar-refractivity contribution in [3.63, 3.8) is 0 Å². The third kappa shape index (κ3) is 0.869. The zero-order chi connectivity index (χ0) is 5.98. The van der Waals surface area contributed by atoms with Crippen LogP contribution < -0.4 is 5.73 Å². The summed E-state index contributed by atoms with van der Waals surface area (Å²) in [5, 5.41) is 3.36. The van der Waals surface area contributed by atoms with Crippen LogP contribution in [0.1, 0.15) is 10.4 Å². The van der Waals surface area contributed by atoms with E-state index in [1.165, 1.54) is 11.3 Å². The van der Waals surface area contributed by atoms with E-state index in [0.717, 1.165) is 0 Å². The first-order valence-corrected chi connectivity index (χ1v) is 2.98. The molecule has 0 aliphatic heterocycles. The molecule has 1 aromatic rings. The van der Waals surface area contributed by atoms with Gasteiger partial charge in [0.05, 0.1) is 5.56 Å². The maximum absolute atomic E-state index is 10.3. The second-order valence-corrected chi connectivity index (χ2v) is 2.04. The van der Waals surface area contributed by atoms with Gasteiger partial charge in [0, 0.05) is 11.4 Å². The second kappa shape index (κ2) is 1.96. The predicted octanol–water partition coefficient (Wildman–Crippen LogP) is 0.647. The summed E-state index contributed by atoms with van der Waals surface area (Å²) in [6.45, 7) is 0. The van der Waals surface area contributed by atoms with Crippen molar-refractivity contribution in [3.8, 4) is 0 Å². The van der Waals surface area contributed by atoms with Gasteiger partial charge in [0.2, 0.25) is 5.91 Å². The molecule has 2 nitrogen and oxygen atoms in total. The largest absolute Gasteiger partial charge is 0.366 e. The molecule has 1 aromatic heterocycles. The topological polar surface area (TPSA) is 43.1 Å². The first-order valence-electron chi connectivity index (χ1n) is 2.04. The molecule has 0 fully saturated rings. The first kappa shape index (κ1) is 5.31. The molecular formula is C5H4NOS. The quantitative estimate of drug-likeness (QED) is 0.589. The molecule has 3 heteroatoms. The third-order valence-corrected chi connectivity index (χ3v) is 1.36. The van der Waals surface area contributed by atoms with Crippen LogP contribution in [0.2, 0.25) is 0 Å². The zero-order valence-corrected chi connectivity index (χ0v) is 4.87. The highest BCUT2D eigenvalue weighted by Gasteiger charge is 1.96. The molecule has 0 aromatic carbocycles. The summed E-state index contributed by atoms with van der Waals surface area (Å²) in [5.41, 5.74) is 5.36. The molecule has 0 bridgehead atoms. The van der Waals surface area contributed by atoms with Crippen LogP contribution in [-0.4, -0.2) is 5.91 Å². The number of carbonyl (C=O) groups is 1. The molecule has 0 aliphatic carbocycles. The molecule has 0 saturated heterocycles. The number of rotatable bonds is 1. The molecule has 1 radical (unpaired) electrons. The van der Waals surface area contributed by atoms with Gasteiger partial charge in [-0.2, -0.15) is 11.3 Å². The zero-order valence-electron chi connectivity index (χ0n) is 4.05. The molecule has 1 heterocycles. The van der Waals surface area contributed by atoms with Crippen LogP contribution in [0.4, 0.5) is 0 Å². The summed E-state index contributed by atoms with van der Waals surface area (Å²) in [6, 6.07) is 2.68. The van der Waals surface area contributed by atoms with Crippen molar-refractivity contribution in [1.29, 1.82) is 0 Å². The van der Waals surface area contributed by atoms with E-state index >= 15 is 0 Å². The van der Waals surface area contributed by atoms with E-state index in [4.69, 9.17) is 5.73 Å². The van der Waals surface area contributed by atoms with Crippen LogP contribution in [0.3, 0.4) is 0 Å². The van der Waals surface area contributed by atoms with Crippen molar-refractivity contribution in [2.75, 3.05) is 0 Å². The highest BCUT2D eigenvalue weighted by Crippen LogP contribution is 2.02. The van der Waals surface area contributed by atoms with Crippen LogP contribution in [0.25, 0.3) is 0 Å². The van der Waals surface area contributed by atoms with E-state index in [1.54, 1.807) is 10.8 Å². The Kier molecular flexibility index (Phi) is 1.30. The lowest BCUT2D eigenvalue weighted by Gasteiger charge is -1.79. The normalized spacial score (nSPS) is 9.00. The molecule has 41 valence electrons. The Morgan fingerprint density at radius 1 is 1.88 bits per heavy atom. The summed E-state index contributed by atoms with van der Waals surface area (Å²) in [6.07, 6.45) is 0. The average Bonchev–Trinajstić information content (AvgIpc) is 2.12. The Bertz CT molecular complexity index is 180. The number of hydrogen-bond donors (Lipinski definition) is 1. The van der Waals surface area contributed by atoms with Crippen LogP contribution in [0.15, 0.2) is 10.8 Å². The van der Waals surface area contributed by atoms with Crippen molar-refractivity contribution in [2.24, 2.45) is 5.73 Å². The highest BCUT2D eigenvalue weighted by atomic mass is 32.1. The minimum Gasteiger partial charge on any atom is -0.366 e. The number of hydrogen-bond acceptors (Lipinski definition) is 2. The van der Waals surface area contributed by atoms with Gasteiger partial charge < -0.3 is 5.73 Å². The Morgan fingerprint density at radius 2 is 2.62 bits per heavy atom. The van der Waals surface area contributed by atoms with Crippen LogP contribution in [0, 0.1) is 6.07 Å². The number of nitrogens with two attached hydrogens (primary N) is 1. The van der Waals surface area contributed by atoms with E-state index in [1.807, 2.05) is 0 Å². The van der Waals surface area contributed by atoms with Gasteiger partial charge in [0.1, 0.15) is 0 Å². The Hall–Kier alpha value is -0.830. The molecule has 2 N–H and O–H groups in total. The fourth-order valence-electron chi connectivity index (χ4n) is 0.363. The molecule has 8 heavy (non-hydrogen) atoms. The lowest BCUT2D eigenvalue weighted by Crippen LogP contribution is -2.09. The second-order valence-electron chi connectivity index (χ2n) is 1.29. The minimum absolute atomic E-state index is 0.411. The number of primary amides is 1. The summed E-state index contributed by atoms with van der Waals surface area (Å²) >= 11 is 1.41. The van der Waals surface area contributed by atoms with E-state index in [-0.39, 0.29) is 0 Å². The van der Waals surface area contributed by atoms with Gasteiger partial charge in [0.15, 0.2) is 0 Å². The van der Waals surface area contributed by atoms with Gasteiger partial charge in [-0.15, -0.1) is 0 Å². The van der Waals surface area contributed by atoms with Gasteiger partial charge in [-0.3, -0.25) is 4.79 Å². The number of carbonyl (C=O) groups excluding carboxylic acids is 1. The van der Waals surface area contributed by atoms with Crippen molar-refractivity contribution in [2.45, 2.75) is 0 Å². The smallest absolute Gasteiger partial charge is 0.250 e. The Labute approximate surface area is 50.9 Å². The molecule has 0 atom stereocenters. The van der Waals surface area contributed by atoms with Crippen LogP contribution >= 0.6 is 11.3 Å². The summed E-state index contributed by atoms with van der Waals surface area (Å²) in [7, 11) is 0. The van der Waals surface area contributed by atoms with Crippen molar-refractivity contribution < 1.29 is 4.79 Å². The van der Waals surface area contributed by atoms with Crippen molar-refractivity contribution in [3.05, 3.63) is 22.4 Å². The minimum atomic E-state index is -0.411. The van der Waals surface area contributed by atoms with E-state index in [0.29, 0.717) is 5.56 Å². The predicted molar refractivity (Wildman–Crippen MR) is 31.7 cm³/mol. The van der Waals surface area contributed by atoms with E-state index in [9.17, 15) is 4.79 Å². The number of thiophene rings is 1. The maximum atomic E-state index is 10.3. The molecule has 0 spiro atoms. The molecule has 1 amide bonds. The van der Waals surface area contributed by atoms with Crippen LogP contribution in [-0.2, 0) is 0 Å². The Balaban J connectivity index is 2.93. The average molecular weight is 126 g/mol. The van der Waals surface area contributed by atoms with Gasteiger partial charge in [0.25, 0.3) is 0 Å². The van der Waals surface area contributed by atoms with Crippen molar-refractivity contribution >= 4 is 17.2 Å². The molecule has 1 rings (SSSR count).